The summed E-state index contributed by atoms with van der Waals surface area (Å²) in [6.07, 6.45) is 5.15. The molecule has 5 heterocycles. The van der Waals surface area contributed by atoms with Gasteiger partial charge in [-0.2, -0.15) is 0 Å². The fraction of sp³-hybridized carbons (Fsp3) is 0.300. The first-order valence-corrected chi connectivity index (χ1v) is 17.4. The van der Waals surface area contributed by atoms with Gasteiger partial charge in [0.05, 0.1) is 22.8 Å². The van der Waals surface area contributed by atoms with Gasteiger partial charge in [-0.05, 0) is 111 Å². The summed E-state index contributed by atoms with van der Waals surface area (Å²) in [4.78, 5) is 53.9. The second-order valence-electron chi connectivity index (χ2n) is 13.1. The molecule has 14 nitrogen and oxygen atoms in total. The summed E-state index contributed by atoms with van der Waals surface area (Å²) in [5, 5.41) is 27.3. The predicted molar refractivity (Wildman–Crippen MR) is 215 cm³/mol. The number of hydrogen-bond donors (Lipinski definition) is 8. The summed E-state index contributed by atoms with van der Waals surface area (Å²) in [7, 11) is 0. The molecule has 0 aliphatic carbocycles. The Kier molecular flexibility index (Phi) is 15.1. The number of nitrogens with zero attached hydrogens (tertiary/aromatic N) is 3. The molecule has 0 fully saturated rings. The van der Waals surface area contributed by atoms with Crippen molar-refractivity contribution in [2.75, 3.05) is 6.54 Å². The van der Waals surface area contributed by atoms with Crippen LogP contribution in [0.3, 0.4) is 0 Å². The maximum absolute atomic E-state index is 11.5. The third kappa shape index (κ3) is 10.5. The van der Waals surface area contributed by atoms with E-state index in [2.05, 4.69) is 34.2 Å². The van der Waals surface area contributed by atoms with E-state index in [0.29, 0.717) is 43.6 Å². The number of aliphatic carboxylic acids is 3. The smallest absolute Gasteiger partial charge is 0.481 e. The quantitative estimate of drug-likeness (QED) is 0.0415. The minimum atomic E-state index is -1.00. The molecular weight excluding hydrogens is 744 g/mol. The van der Waals surface area contributed by atoms with Crippen molar-refractivity contribution < 1.29 is 46.8 Å². The fourth-order valence-electron chi connectivity index (χ4n) is 6.41. The third-order valence-corrected chi connectivity index (χ3v) is 9.50. The van der Waals surface area contributed by atoms with Crippen molar-refractivity contribution in [3.63, 3.8) is 0 Å². The number of aromatic nitrogens is 4. The van der Waals surface area contributed by atoms with E-state index in [1.54, 1.807) is 0 Å². The summed E-state index contributed by atoms with van der Waals surface area (Å²) in [5.74, 6) is -2.76. The predicted octanol–water partition coefficient (Wildman–Crippen LogP) is 6.26. The molecule has 1 atom stereocenters. The standard InChI is InChI=1S/C34H34N4O4.C6H14N4O2.Fe/c1-7-21-17(3)25-13-26-19(5)23(9-11-33(39)40)31(37-26)16-32-24(10-12-34(41)42)20(6)28(38-32)15-30-22(8-2)18(4)27(36-30)14-29(21)35-25;7-4(5(11)12)2-1-3-10-6(8)9;/h7-8,13-16,35-36H,1-2,9-12H2,3-6H3,(H,39,40)(H,41,42);4H,1-3,7H2,(H,11,12)(H4,8,9,10);/q;;+2/t;4-;/m.0./s1. The zero-order valence-electron chi connectivity index (χ0n) is 31.4. The van der Waals surface area contributed by atoms with Crippen LogP contribution in [0.1, 0.15) is 97.4 Å². The second-order valence-corrected chi connectivity index (χ2v) is 13.1. The molecular formula is C40H48FeN8O6+2. The van der Waals surface area contributed by atoms with Crippen LogP contribution in [0.5, 0.6) is 0 Å². The van der Waals surface area contributed by atoms with Crippen molar-refractivity contribution in [2.45, 2.75) is 72.3 Å². The van der Waals surface area contributed by atoms with Crippen LogP contribution in [0, 0.1) is 13.8 Å². The average molecular weight is 793 g/mol. The Bertz CT molecular complexity index is 2280. The largest absolute Gasteiger partial charge is 2.00 e. The normalized spacial score (nSPS) is 12.6. The first-order chi connectivity index (χ1) is 25.6. The van der Waals surface area contributed by atoms with Crippen molar-refractivity contribution in [1.82, 2.24) is 19.9 Å². The Balaban J connectivity index is 0.000000541. The number of carboxylic acid groups (broad SMARTS) is 3. The molecule has 11 N–H and O–H groups in total. The van der Waals surface area contributed by atoms with Crippen LogP contribution in [0.4, 0.5) is 0 Å². The number of allylic oxidation sites excluding steroid dienone is 4. The number of aryl methyl sites for hydroxylation is 2. The zero-order valence-corrected chi connectivity index (χ0v) is 32.5. The first kappa shape index (κ1) is 43.6. The minimum Gasteiger partial charge on any atom is -0.481 e. The maximum atomic E-state index is 11.5. The number of carboxylic acids is 3. The number of aliphatic imine (C=N–C) groups is 1. The Morgan fingerprint density at radius 3 is 1.60 bits per heavy atom. The first-order valence-electron chi connectivity index (χ1n) is 17.4. The van der Waals surface area contributed by atoms with E-state index in [9.17, 15) is 24.6 Å². The molecule has 2 aliphatic heterocycles. The molecule has 3 aromatic heterocycles. The Morgan fingerprint density at radius 1 is 0.745 bits per heavy atom. The van der Waals surface area contributed by atoms with Crippen LogP contribution in [-0.4, -0.2) is 71.7 Å². The number of guanidine groups is 1. The molecule has 0 spiro atoms. The minimum absolute atomic E-state index is 0. The van der Waals surface area contributed by atoms with Crippen molar-refractivity contribution in [2.24, 2.45) is 22.2 Å². The molecule has 0 unspecified atom stereocenters. The van der Waals surface area contributed by atoms with Crippen molar-refractivity contribution in [3.8, 4) is 0 Å². The van der Waals surface area contributed by atoms with Crippen LogP contribution >= 0.6 is 0 Å². The monoisotopic (exact) mass is 792 g/mol. The topological polar surface area (TPSA) is 260 Å². The van der Waals surface area contributed by atoms with Gasteiger partial charge in [0.1, 0.15) is 6.04 Å². The summed E-state index contributed by atoms with van der Waals surface area (Å²) >= 11 is 0. The molecule has 290 valence electrons. The Labute approximate surface area is 329 Å². The molecule has 0 saturated heterocycles. The number of nitrogens with one attached hydrogen (secondary N) is 2. The SMILES string of the molecule is C=Cc1c(C)c2cc3[nH]c(cc4nc(cc5nc(cc1[nH]2)C(C)=C5CCC(=O)O)C(CCC(=O)O)=C4C)c(C)c3C=C.NC(N)=NCCC[C@H](N)C(=O)O.[Fe+2]. The molecule has 15 heteroatoms. The van der Waals surface area contributed by atoms with E-state index in [-0.39, 0.29) is 35.9 Å². The van der Waals surface area contributed by atoms with Gasteiger partial charge >= 0.3 is 35.0 Å². The maximum Gasteiger partial charge on any atom is 2.00 e. The van der Waals surface area contributed by atoms with Gasteiger partial charge in [-0.15, -0.1) is 0 Å². The third-order valence-electron chi connectivity index (χ3n) is 9.50. The van der Waals surface area contributed by atoms with Crippen LogP contribution in [0.15, 0.2) is 42.4 Å². The Hall–Kier alpha value is -5.76. The van der Waals surface area contributed by atoms with Crippen molar-refractivity contribution >= 4 is 80.4 Å². The van der Waals surface area contributed by atoms with Gasteiger partial charge < -0.3 is 42.5 Å². The van der Waals surface area contributed by atoms with Gasteiger partial charge in [-0.25, -0.2) is 9.97 Å². The van der Waals surface area contributed by atoms with Crippen LogP contribution < -0.4 is 17.2 Å². The van der Waals surface area contributed by atoms with Crippen LogP contribution in [-0.2, 0) is 31.5 Å². The number of H-pyrrole nitrogens is 2. The van der Waals surface area contributed by atoms with Gasteiger partial charge in [-0.1, -0.05) is 25.3 Å². The molecule has 3 aromatic rings. The van der Waals surface area contributed by atoms with E-state index >= 15 is 0 Å². The molecule has 55 heavy (non-hydrogen) atoms. The zero-order chi connectivity index (χ0) is 39.9. The van der Waals surface area contributed by atoms with Gasteiger partial charge in [0.25, 0.3) is 0 Å². The fourth-order valence-corrected chi connectivity index (χ4v) is 6.41. The molecule has 0 radical (unpaired) electrons. The molecule has 8 bridgehead atoms. The van der Waals surface area contributed by atoms with E-state index in [1.165, 1.54) is 0 Å². The van der Waals surface area contributed by atoms with Gasteiger partial charge in [-0.3, -0.25) is 19.4 Å². The van der Waals surface area contributed by atoms with Crippen molar-refractivity contribution in [1.29, 1.82) is 0 Å². The number of hydrogen-bond acceptors (Lipinski definition) is 7. The van der Waals surface area contributed by atoms with Crippen LogP contribution in [0.2, 0.25) is 0 Å². The molecule has 5 rings (SSSR count). The molecule has 0 aromatic carbocycles. The summed E-state index contributed by atoms with van der Waals surface area (Å²) in [6, 6.07) is 7.06. The number of aromatic amines is 2. The number of rotatable bonds is 13. The van der Waals surface area contributed by atoms with E-state index in [1.807, 2.05) is 58.0 Å². The average Bonchev–Trinajstić information content (AvgIpc) is 3.77. The molecule has 0 saturated carbocycles. The van der Waals surface area contributed by atoms with E-state index in [0.717, 1.165) is 78.0 Å². The van der Waals surface area contributed by atoms with E-state index < -0.39 is 23.9 Å². The number of nitrogens with two attached hydrogens (primary N) is 3. The number of fused-ring (bicyclic) bond motifs is 8. The van der Waals surface area contributed by atoms with E-state index in [4.69, 9.17) is 32.3 Å². The summed E-state index contributed by atoms with van der Waals surface area (Å²) in [5.41, 5.74) is 29.0. The van der Waals surface area contributed by atoms with Crippen LogP contribution in [0.25, 0.3) is 56.5 Å². The molecule has 2 aliphatic rings. The molecule has 0 amide bonds. The van der Waals surface area contributed by atoms with Gasteiger partial charge in [0, 0.05) is 52.6 Å². The second kappa shape index (κ2) is 19.0. The number of carbonyl (C=O) groups is 3. The Morgan fingerprint density at radius 2 is 1.18 bits per heavy atom. The summed E-state index contributed by atoms with van der Waals surface area (Å²) < 4.78 is 0. The van der Waals surface area contributed by atoms with Gasteiger partial charge in [0.2, 0.25) is 0 Å². The summed E-state index contributed by atoms with van der Waals surface area (Å²) in [6.45, 7) is 16.5. The van der Waals surface area contributed by atoms with Gasteiger partial charge in [0.15, 0.2) is 5.96 Å². The van der Waals surface area contributed by atoms with Crippen molar-refractivity contribution in [3.05, 3.63) is 82.5 Å².